The van der Waals surface area contributed by atoms with E-state index < -0.39 is 0 Å². The Hall–Kier alpha value is -1.36. The van der Waals surface area contributed by atoms with Crippen molar-refractivity contribution in [3.63, 3.8) is 0 Å². The van der Waals surface area contributed by atoms with Gasteiger partial charge in [-0.15, -0.1) is 0 Å². The van der Waals surface area contributed by atoms with E-state index in [1.165, 1.54) is 0 Å². The van der Waals surface area contributed by atoms with Gasteiger partial charge in [0.25, 0.3) is 0 Å². The van der Waals surface area contributed by atoms with Crippen LogP contribution in [0.2, 0.25) is 10.0 Å². The van der Waals surface area contributed by atoms with Crippen LogP contribution in [0.1, 0.15) is 18.4 Å². The van der Waals surface area contributed by atoms with Crippen molar-refractivity contribution >= 4 is 40.9 Å². The lowest BCUT2D eigenvalue weighted by Crippen LogP contribution is -2.25. The number of rotatable bonds is 10. The van der Waals surface area contributed by atoms with E-state index in [2.05, 4.69) is 5.32 Å². The third kappa shape index (κ3) is 7.59. The molecule has 0 bridgehead atoms. The fraction of sp³-hybridized carbons (Fsp3) is 0.316. The molecule has 25 heavy (non-hydrogen) atoms. The highest BCUT2D eigenvalue weighted by molar-refractivity contribution is 7.98. The van der Waals surface area contributed by atoms with E-state index in [1.54, 1.807) is 11.8 Å². The van der Waals surface area contributed by atoms with Gasteiger partial charge in [-0.1, -0.05) is 47.5 Å². The zero-order valence-electron chi connectivity index (χ0n) is 13.8. The van der Waals surface area contributed by atoms with Gasteiger partial charge in [-0.2, -0.15) is 11.8 Å². The molecule has 0 aromatic heterocycles. The zero-order valence-corrected chi connectivity index (χ0v) is 16.2. The molecule has 0 atom stereocenters. The van der Waals surface area contributed by atoms with E-state index in [4.69, 9.17) is 27.9 Å². The lowest BCUT2D eigenvalue weighted by molar-refractivity contribution is -0.121. The molecule has 1 amide bonds. The number of benzene rings is 2. The molecule has 134 valence electrons. The first kappa shape index (κ1) is 20.0. The number of hydrogen-bond acceptors (Lipinski definition) is 3. The second kappa shape index (κ2) is 11.3. The van der Waals surface area contributed by atoms with Gasteiger partial charge in [0.15, 0.2) is 0 Å². The maximum atomic E-state index is 11.8. The van der Waals surface area contributed by atoms with Crippen molar-refractivity contribution in [3.05, 3.63) is 64.1 Å². The first-order chi connectivity index (χ1) is 12.2. The highest BCUT2D eigenvalue weighted by Gasteiger charge is 2.06. The second-order valence-electron chi connectivity index (χ2n) is 5.37. The normalized spacial score (nSPS) is 10.5. The molecule has 3 nitrogen and oxygen atoms in total. The van der Waals surface area contributed by atoms with Crippen molar-refractivity contribution in [3.8, 4) is 5.75 Å². The van der Waals surface area contributed by atoms with Gasteiger partial charge < -0.3 is 10.1 Å². The van der Waals surface area contributed by atoms with Crippen molar-refractivity contribution in [1.82, 2.24) is 5.32 Å². The number of ether oxygens (including phenoxy) is 1. The predicted octanol–water partition coefficient (Wildman–Crippen LogP) is 5.20. The van der Waals surface area contributed by atoms with Crippen LogP contribution in [0.15, 0.2) is 48.5 Å². The molecular weight excluding hydrogens is 377 g/mol. The monoisotopic (exact) mass is 397 g/mol. The summed E-state index contributed by atoms with van der Waals surface area (Å²) < 4.78 is 5.56. The van der Waals surface area contributed by atoms with Gasteiger partial charge in [0.2, 0.25) is 5.91 Å². The van der Waals surface area contributed by atoms with Gasteiger partial charge >= 0.3 is 0 Å². The van der Waals surface area contributed by atoms with Gasteiger partial charge in [-0.3, -0.25) is 4.79 Å². The molecule has 2 aromatic rings. The molecular formula is C19H21Cl2NO2S. The highest BCUT2D eigenvalue weighted by atomic mass is 35.5. The smallest absolute Gasteiger partial charge is 0.220 e. The Balaban J connectivity index is 1.52. The number of nitrogens with one attached hydrogen (secondary N) is 1. The van der Waals surface area contributed by atoms with Crippen molar-refractivity contribution < 1.29 is 9.53 Å². The summed E-state index contributed by atoms with van der Waals surface area (Å²) >= 11 is 14.0. The van der Waals surface area contributed by atoms with Crippen molar-refractivity contribution in [2.24, 2.45) is 0 Å². The van der Waals surface area contributed by atoms with E-state index in [9.17, 15) is 4.79 Å². The molecule has 1 N–H and O–H groups in total. The quantitative estimate of drug-likeness (QED) is 0.559. The molecule has 0 saturated carbocycles. The largest absolute Gasteiger partial charge is 0.494 e. The third-order valence-corrected chi connectivity index (χ3v) is 5.13. The molecule has 0 heterocycles. The average Bonchev–Trinajstić information content (AvgIpc) is 2.61. The van der Waals surface area contributed by atoms with Crippen LogP contribution in [0.4, 0.5) is 0 Å². The summed E-state index contributed by atoms with van der Waals surface area (Å²) in [5.74, 6) is 2.43. The number of amides is 1. The Labute approximate surface area is 163 Å². The molecule has 6 heteroatoms. The molecule has 0 radical (unpaired) electrons. The Morgan fingerprint density at radius 2 is 1.76 bits per heavy atom. The maximum Gasteiger partial charge on any atom is 0.220 e. The van der Waals surface area contributed by atoms with E-state index >= 15 is 0 Å². The SMILES string of the molecule is O=C(CCCOc1ccccc1)NCCSCc1c(Cl)cccc1Cl. The highest BCUT2D eigenvalue weighted by Crippen LogP contribution is 2.27. The van der Waals surface area contributed by atoms with Crippen molar-refractivity contribution in [2.75, 3.05) is 18.9 Å². The van der Waals surface area contributed by atoms with E-state index in [0.717, 1.165) is 22.8 Å². The Kier molecular flexibility index (Phi) is 9.02. The van der Waals surface area contributed by atoms with Crippen LogP contribution in [0.3, 0.4) is 0 Å². The lowest BCUT2D eigenvalue weighted by atomic mass is 10.2. The van der Waals surface area contributed by atoms with Crippen LogP contribution in [0.25, 0.3) is 0 Å². The molecule has 2 aromatic carbocycles. The summed E-state index contributed by atoms with van der Waals surface area (Å²) in [5, 5.41) is 4.28. The molecule has 0 saturated heterocycles. The van der Waals surface area contributed by atoms with Gasteiger partial charge in [0.1, 0.15) is 5.75 Å². The van der Waals surface area contributed by atoms with Crippen LogP contribution < -0.4 is 10.1 Å². The molecule has 0 spiro atoms. The molecule has 0 aliphatic carbocycles. The van der Waals surface area contributed by atoms with Crippen LogP contribution in [-0.4, -0.2) is 24.8 Å². The third-order valence-electron chi connectivity index (χ3n) is 3.44. The standard InChI is InChI=1S/C19H21Cl2NO2S/c20-17-8-4-9-18(21)16(17)14-25-13-11-22-19(23)10-5-12-24-15-6-2-1-3-7-15/h1-4,6-9H,5,10-14H2,(H,22,23). The van der Waals surface area contributed by atoms with E-state index in [-0.39, 0.29) is 5.91 Å². The molecule has 2 rings (SSSR count). The Morgan fingerprint density at radius 3 is 2.48 bits per heavy atom. The van der Waals surface area contributed by atoms with Crippen molar-refractivity contribution in [2.45, 2.75) is 18.6 Å². The molecule has 0 aliphatic heterocycles. The minimum atomic E-state index is 0.0491. The topological polar surface area (TPSA) is 38.3 Å². The second-order valence-corrected chi connectivity index (χ2v) is 7.29. The summed E-state index contributed by atoms with van der Waals surface area (Å²) in [6, 6.07) is 15.1. The predicted molar refractivity (Wildman–Crippen MR) is 107 cm³/mol. The zero-order chi connectivity index (χ0) is 17.9. The van der Waals surface area contributed by atoms with Crippen LogP contribution in [0, 0.1) is 0 Å². The fourth-order valence-electron chi connectivity index (χ4n) is 2.13. The van der Waals surface area contributed by atoms with Crippen LogP contribution in [0.5, 0.6) is 5.75 Å². The summed E-state index contributed by atoms with van der Waals surface area (Å²) in [6.07, 6.45) is 1.16. The first-order valence-electron chi connectivity index (χ1n) is 8.12. The number of para-hydroxylation sites is 1. The maximum absolute atomic E-state index is 11.8. The molecule has 0 unspecified atom stereocenters. The van der Waals surface area contributed by atoms with Gasteiger partial charge in [0, 0.05) is 34.5 Å². The molecule has 0 fully saturated rings. The number of carbonyl (C=O) groups excluding carboxylic acids is 1. The van der Waals surface area contributed by atoms with Gasteiger partial charge in [-0.25, -0.2) is 0 Å². The van der Waals surface area contributed by atoms with Gasteiger partial charge in [-0.05, 0) is 36.2 Å². The Bertz CT molecular complexity index is 647. The van der Waals surface area contributed by atoms with Crippen LogP contribution >= 0.6 is 35.0 Å². The van der Waals surface area contributed by atoms with Crippen LogP contribution in [-0.2, 0) is 10.5 Å². The average molecular weight is 398 g/mol. The summed E-state index contributed by atoms with van der Waals surface area (Å²) in [5.41, 5.74) is 0.945. The number of halogens is 2. The minimum absolute atomic E-state index is 0.0491. The number of carbonyl (C=O) groups is 1. The minimum Gasteiger partial charge on any atom is -0.494 e. The number of hydrogen-bond donors (Lipinski definition) is 1. The molecule has 0 aliphatic rings. The van der Waals surface area contributed by atoms with Crippen molar-refractivity contribution in [1.29, 1.82) is 0 Å². The summed E-state index contributed by atoms with van der Waals surface area (Å²) in [6.45, 7) is 1.17. The number of thioether (sulfide) groups is 1. The fourth-order valence-corrected chi connectivity index (χ4v) is 3.73. The summed E-state index contributed by atoms with van der Waals surface area (Å²) in [7, 11) is 0. The Morgan fingerprint density at radius 1 is 1.04 bits per heavy atom. The van der Waals surface area contributed by atoms with Gasteiger partial charge in [0.05, 0.1) is 6.61 Å². The lowest BCUT2D eigenvalue weighted by Gasteiger charge is -2.08. The first-order valence-corrected chi connectivity index (χ1v) is 10.0. The summed E-state index contributed by atoms with van der Waals surface area (Å²) in [4.78, 5) is 11.8. The van der Waals surface area contributed by atoms with E-state index in [0.29, 0.717) is 36.0 Å². The van der Waals surface area contributed by atoms with E-state index in [1.807, 2.05) is 48.5 Å².